The lowest BCUT2D eigenvalue weighted by Gasteiger charge is -2.11. The molecule has 0 unspecified atom stereocenters. The molecule has 9 heteroatoms. The van der Waals surface area contributed by atoms with Crippen LogP contribution in [-0.2, 0) is 0 Å². The number of alkyl halides is 3. The highest BCUT2D eigenvalue weighted by atomic mass is 32.1. The van der Waals surface area contributed by atoms with E-state index in [0.717, 1.165) is 17.8 Å². The van der Waals surface area contributed by atoms with Crippen molar-refractivity contribution in [2.75, 3.05) is 11.1 Å². The van der Waals surface area contributed by atoms with Crippen molar-refractivity contribution >= 4 is 28.1 Å². The molecule has 1 aromatic carbocycles. The second-order valence-electron chi connectivity index (χ2n) is 4.05. The molecule has 1 amide bonds. The number of hydrogen-bond donors (Lipinski definition) is 2. The summed E-state index contributed by atoms with van der Waals surface area (Å²) in [5.41, 5.74) is 6.02. The summed E-state index contributed by atoms with van der Waals surface area (Å²) >= 11 is 1.24. The van der Waals surface area contributed by atoms with E-state index in [9.17, 15) is 18.0 Å². The fourth-order valence-corrected chi connectivity index (χ4v) is 2.17. The number of halogens is 3. The SMILES string of the molecule is Cc1csc(NC(=O)c2ccc(OC(F)(F)F)c(N)c2)n1. The van der Waals surface area contributed by atoms with Crippen LogP contribution in [-0.4, -0.2) is 17.3 Å². The van der Waals surface area contributed by atoms with Gasteiger partial charge in [0.15, 0.2) is 10.9 Å². The summed E-state index contributed by atoms with van der Waals surface area (Å²) in [6.07, 6.45) is -4.84. The Hall–Kier alpha value is -2.29. The van der Waals surface area contributed by atoms with E-state index in [0.29, 0.717) is 5.13 Å². The zero-order valence-corrected chi connectivity index (χ0v) is 11.5. The van der Waals surface area contributed by atoms with Crippen molar-refractivity contribution in [1.82, 2.24) is 4.98 Å². The molecule has 0 fully saturated rings. The molecule has 0 aliphatic carbocycles. The highest BCUT2D eigenvalue weighted by molar-refractivity contribution is 7.13. The number of nitrogens with two attached hydrogens (primary N) is 1. The Bertz CT molecular complexity index is 670. The molecule has 0 aliphatic rings. The number of rotatable bonds is 3. The van der Waals surface area contributed by atoms with Gasteiger partial charge < -0.3 is 10.5 Å². The lowest BCUT2D eigenvalue weighted by molar-refractivity contribution is -0.274. The molecule has 21 heavy (non-hydrogen) atoms. The van der Waals surface area contributed by atoms with Crippen LogP contribution < -0.4 is 15.8 Å². The smallest absolute Gasteiger partial charge is 0.404 e. The number of benzene rings is 1. The fraction of sp³-hybridized carbons (Fsp3) is 0.167. The number of thiazole rings is 1. The number of carbonyl (C=O) groups excluding carboxylic acids is 1. The number of nitrogen functional groups attached to an aromatic ring is 1. The van der Waals surface area contributed by atoms with Gasteiger partial charge in [-0.1, -0.05) is 0 Å². The van der Waals surface area contributed by atoms with Crippen LogP contribution in [0.3, 0.4) is 0 Å². The fourth-order valence-electron chi connectivity index (χ4n) is 1.49. The van der Waals surface area contributed by atoms with Crippen LogP contribution in [0.4, 0.5) is 24.0 Å². The monoisotopic (exact) mass is 317 g/mol. The summed E-state index contributed by atoms with van der Waals surface area (Å²) in [6, 6.07) is 3.29. The highest BCUT2D eigenvalue weighted by Gasteiger charge is 2.32. The molecular weight excluding hydrogens is 307 g/mol. The minimum Gasteiger partial charge on any atom is -0.404 e. The van der Waals surface area contributed by atoms with E-state index in [1.54, 1.807) is 12.3 Å². The third kappa shape index (κ3) is 4.09. The molecule has 112 valence electrons. The van der Waals surface area contributed by atoms with Crippen molar-refractivity contribution in [1.29, 1.82) is 0 Å². The minimum atomic E-state index is -4.84. The van der Waals surface area contributed by atoms with Crippen LogP contribution in [0, 0.1) is 6.92 Å². The van der Waals surface area contributed by atoms with Gasteiger partial charge in [-0.15, -0.1) is 24.5 Å². The Kier molecular flexibility index (Phi) is 4.03. The lowest BCUT2D eigenvalue weighted by Crippen LogP contribution is -2.18. The molecule has 0 spiro atoms. The van der Waals surface area contributed by atoms with Crippen LogP contribution in [0.1, 0.15) is 16.1 Å². The molecule has 3 N–H and O–H groups in total. The third-order valence-corrected chi connectivity index (χ3v) is 3.21. The van der Waals surface area contributed by atoms with Crippen molar-refractivity contribution in [3.8, 4) is 5.75 Å². The van der Waals surface area contributed by atoms with Crippen LogP contribution in [0.15, 0.2) is 23.6 Å². The van der Waals surface area contributed by atoms with Gasteiger partial charge >= 0.3 is 6.36 Å². The maximum atomic E-state index is 12.1. The molecule has 0 saturated carbocycles. The first-order valence-electron chi connectivity index (χ1n) is 5.63. The molecule has 0 radical (unpaired) electrons. The zero-order valence-electron chi connectivity index (χ0n) is 10.7. The molecule has 0 saturated heterocycles. The van der Waals surface area contributed by atoms with E-state index in [1.165, 1.54) is 17.4 Å². The quantitative estimate of drug-likeness (QED) is 0.852. The van der Waals surface area contributed by atoms with Crippen LogP contribution in [0.2, 0.25) is 0 Å². The number of nitrogens with one attached hydrogen (secondary N) is 1. The Labute approximate surface area is 121 Å². The Balaban J connectivity index is 2.14. The van der Waals surface area contributed by atoms with E-state index < -0.39 is 18.0 Å². The van der Waals surface area contributed by atoms with Gasteiger partial charge in [-0.05, 0) is 25.1 Å². The molecule has 0 bridgehead atoms. The number of hydrogen-bond acceptors (Lipinski definition) is 5. The number of nitrogens with zero attached hydrogens (tertiary/aromatic N) is 1. The van der Waals surface area contributed by atoms with Gasteiger partial charge in [-0.2, -0.15) is 0 Å². The zero-order chi connectivity index (χ0) is 15.6. The van der Waals surface area contributed by atoms with Gasteiger partial charge in [0.2, 0.25) is 0 Å². The van der Waals surface area contributed by atoms with Gasteiger partial charge in [-0.3, -0.25) is 10.1 Å². The van der Waals surface area contributed by atoms with Crippen molar-refractivity contribution < 1.29 is 22.7 Å². The van der Waals surface area contributed by atoms with E-state index >= 15 is 0 Å². The van der Waals surface area contributed by atoms with E-state index in [4.69, 9.17) is 5.73 Å². The van der Waals surface area contributed by atoms with Gasteiger partial charge in [-0.25, -0.2) is 4.98 Å². The van der Waals surface area contributed by atoms with Crippen LogP contribution in [0.5, 0.6) is 5.75 Å². The second kappa shape index (κ2) is 5.60. The summed E-state index contributed by atoms with van der Waals surface area (Å²) in [5, 5.41) is 4.67. The summed E-state index contributed by atoms with van der Waals surface area (Å²) in [4.78, 5) is 16.0. The van der Waals surface area contributed by atoms with Crippen LogP contribution >= 0.6 is 11.3 Å². The van der Waals surface area contributed by atoms with E-state index in [-0.39, 0.29) is 11.3 Å². The van der Waals surface area contributed by atoms with Gasteiger partial charge in [0.25, 0.3) is 5.91 Å². The molecule has 1 aromatic heterocycles. The Morgan fingerprint density at radius 3 is 2.67 bits per heavy atom. The Morgan fingerprint density at radius 2 is 2.14 bits per heavy atom. The summed E-state index contributed by atoms with van der Waals surface area (Å²) < 4.78 is 40.0. The van der Waals surface area contributed by atoms with Crippen molar-refractivity contribution in [3.63, 3.8) is 0 Å². The first-order valence-corrected chi connectivity index (χ1v) is 6.51. The predicted molar refractivity (Wildman–Crippen MR) is 72.3 cm³/mol. The first kappa shape index (κ1) is 15.1. The number of aryl methyl sites for hydroxylation is 1. The molecule has 5 nitrogen and oxygen atoms in total. The van der Waals surface area contributed by atoms with Crippen molar-refractivity contribution in [2.45, 2.75) is 13.3 Å². The maximum absolute atomic E-state index is 12.1. The summed E-state index contributed by atoms with van der Waals surface area (Å²) in [7, 11) is 0. The lowest BCUT2D eigenvalue weighted by atomic mass is 10.2. The predicted octanol–water partition coefficient (Wildman–Crippen LogP) is 3.18. The molecular formula is C12H10F3N3O2S. The average molecular weight is 317 g/mol. The van der Waals surface area contributed by atoms with Gasteiger partial charge in [0, 0.05) is 10.9 Å². The molecule has 0 atom stereocenters. The molecule has 1 heterocycles. The maximum Gasteiger partial charge on any atom is 0.573 e. The second-order valence-corrected chi connectivity index (χ2v) is 4.91. The number of carbonyl (C=O) groups is 1. The van der Waals surface area contributed by atoms with E-state index in [1.807, 2.05) is 0 Å². The Morgan fingerprint density at radius 1 is 1.43 bits per heavy atom. The molecule has 0 aliphatic heterocycles. The largest absolute Gasteiger partial charge is 0.573 e. The topological polar surface area (TPSA) is 77.2 Å². The average Bonchev–Trinajstić information content (AvgIpc) is 2.75. The summed E-state index contributed by atoms with van der Waals surface area (Å²) in [5.74, 6) is -1.07. The summed E-state index contributed by atoms with van der Waals surface area (Å²) in [6.45, 7) is 1.77. The standard InChI is InChI=1S/C12H10F3N3O2S/c1-6-5-21-11(17-6)18-10(19)7-2-3-9(8(16)4-7)20-12(13,14)15/h2-5H,16H2,1H3,(H,17,18,19). The van der Waals surface area contributed by atoms with Crippen molar-refractivity contribution in [3.05, 3.63) is 34.8 Å². The van der Waals surface area contributed by atoms with Crippen molar-refractivity contribution in [2.24, 2.45) is 0 Å². The third-order valence-electron chi connectivity index (χ3n) is 2.34. The minimum absolute atomic E-state index is 0.106. The normalized spacial score (nSPS) is 11.2. The van der Waals surface area contributed by atoms with Gasteiger partial charge in [0.1, 0.15) is 0 Å². The van der Waals surface area contributed by atoms with E-state index in [2.05, 4.69) is 15.0 Å². The highest BCUT2D eigenvalue weighted by Crippen LogP contribution is 2.29. The first-order chi connectivity index (χ1) is 9.74. The van der Waals surface area contributed by atoms with Crippen LogP contribution in [0.25, 0.3) is 0 Å². The van der Waals surface area contributed by atoms with Gasteiger partial charge in [0.05, 0.1) is 11.4 Å². The number of anilines is 2. The number of ether oxygens (including phenoxy) is 1. The molecule has 2 aromatic rings. The number of amides is 1. The number of aromatic nitrogens is 1. The molecule has 2 rings (SSSR count).